The summed E-state index contributed by atoms with van der Waals surface area (Å²) in [6.07, 6.45) is 17.1. The highest BCUT2D eigenvalue weighted by Gasteiger charge is 2.52. The van der Waals surface area contributed by atoms with E-state index >= 15 is 0 Å². The van der Waals surface area contributed by atoms with Crippen molar-refractivity contribution in [1.82, 2.24) is 0 Å². The van der Waals surface area contributed by atoms with Crippen LogP contribution < -0.4 is 0 Å². The van der Waals surface area contributed by atoms with Gasteiger partial charge < -0.3 is 5.11 Å². The van der Waals surface area contributed by atoms with E-state index in [-0.39, 0.29) is 0 Å². The van der Waals surface area contributed by atoms with Crippen LogP contribution in [-0.4, -0.2) is 11.1 Å². The molecule has 3 saturated carbocycles. The number of hydrogen-bond acceptors (Lipinski definition) is 1. The van der Waals surface area contributed by atoms with Crippen molar-refractivity contribution in [2.75, 3.05) is 0 Å². The van der Waals surface area contributed by atoms with E-state index in [4.69, 9.17) is 5.11 Å². The second-order valence-electron chi connectivity index (χ2n) is 10.9. The standard InChI is InChI=1S/C25H44O2/c1-5-22-20-11-12-21-9-6-7-15-25(21,17-20)16-8-14-24(22,4)19(3)18(2)10-13-23(26)27/h18-22H,5-17H2,1-4H3,(H,26,27)/t18?,19?,20?,21?,22?,24-,25?/m1/s1. The lowest BCUT2D eigenvalue weighted by atomic mass is 9.47. The smallest absolute Gasteiger partial charge is 0.303 e. The van der Waals surface area contributed by atoms with E-state index in [9.17, 15) is 4.79 Å². The monoisotopic (exact) mass is 376 g/mol. The zero-order valence-electron chi connectivity index (χ0n) is 18.4. The molecule has 2 bridgehead atoms. The third kappa shape index (κ3) is 4.10. The number of fused-ring (bicyclic) bond motifs is 1. The number of aliphatic carboxylic acids is 1. The zero-order chi connectivity index (χ0) is 19.7. The summed E-state index contributed by atoms with van der Waals surface area (Å²) in [6.45, 7) is 9.76. The van der Waals surface area contributed by atoms with Gasteiger partial charge >= 0.3 is 5.97 Å². The second-order valence-corrected chi connectivity index (χ2v) is 10.9. The maximum absolute atomic E-state index is 11.1. The molecule has 0 heterocycles. The molecule has 0 radical (unpaired) electrons. The molecular weight excluding hydrogens is 332 g/mol. The lowest BCUT2D eigenvalue weighted by molar-refractivity contribution is -0.137. The highest BCUT2D eigenvalue weighted by molar-refractivity contribution is 5.66. The van der Waals surface area contributed by atoms with Gasteiger partial charge in [0.25, 0.3) is 0 Å². The summed E-state index contributed by atoms with van der Waals surface area (Å²) in [6, 6.07) is 0. The lowest BCUT2D eigenvalue weighted by Gasteiger charge is -2.58. The van der Waals surface area contributed by atoms with Gasteiger partial charge in [0.2, 0.25) is 0 Å². The Labute approximate surface area is 167 Å². The van der Waals surface area contributed by atoms with E-state index in [0.29, 0.717) is 29.1 Å². The van der Waals surface area contributed by atoms with Crippen molar-refractivity contribution in [1.29, 1.82) is 0 Å². The van der Waals surface area contributed by atoms with Gasteiger partial charge in [0, 0.05) is 6.42 Å². The summed E-state index contributed by atoms with van der Waals surface area (Å²) in [4.78, 5) is 11.1. The van der Waals surface area contributed by atoms with Crippen LogP contribution in [0.15, 0.2) is 0 Å². The number of hydrogen-bond donors (Lipinski definition) is 1. The molecule has 6 unspecified atom stereocenters. The van der Waals surface area contributed by atoms with Crippen molar-refractivity contribution in [3.8, 4) is 0 Å². The minimum absolute atomic E-state index is 0.326. The lowest BCUT2D eigenvalue weighted by Crippen LogP contribution is -2.48. The average molecular weight is 377 g/mol. The van der Waals surface area contributed by atoms with Crippen LogP contribution in [0.4, 0.5) is 0 Å². The molecule has 3 rings (SSSR count). The predicted octanol–water partition coefficient (Wildman–Crippen LogP) is 7.32. The zero-order valence-corrected chi connectivity index (χ0v) is 18.4. The van der Waals surface area contributed by atoms with E-state index in [1.807, 2.05) is 0 Å². The predicted molar refractivity (Wildman–Crippen MR) is 113 cm³/mol. The molecule has 0 aromatic heterocycles. The molecule has 0 aliphatic heterocycles. The van der Waals surface area contributed by atoms with Crippen LogP contribution in [-0.2, 0) is 4.79 Å². The summed E-state index contributed by atoms with van der Waals surface area (Å²) >= 11 is 0. The first-order chi connectivity index (χ1) is 12.8. The number of carboxylic acids is 1. The van der Waals surface area contributed by atoms with Crippen LogP contribution in [0.25, 0.3) is 0 Å². The fraction of sp³-hybridized carbons (Fsp3) is 0.960. The van der Waals surface area contributed by atoms with E-state index in [1.165, 1.54) is 70.6 Å². The maximum atomic E-state index is 11.1. The van der Waals surface area contributed by atoms with Gasteiger partial charge in [0.15, 0.2) is 0 Å². The van der Waals surface area contributed by atoms with Crippen molar-refractivity contribution in [2.24, 2.45) is 40.4 Å². The Hall–Kier alpha value is -0.530. The number of carboxylic acid groups (broad SMARTS) is 1. The van der Waals surface area contributed by atoms with Crippen molar-refractivity contribution in [2.45, 2.75) is 111 Å². The van der Waals surface area contributed by atoms with Crippen molar-refractivity contribution >= 4 is 5.97 Å². The Morgan fingerprint density at radius 2 is 1.81 bits per heavy atom. The van der Waals surface area contributed by atoms with E-state index in [0.717, 1.165) is 24.2 Å². The molecule has 1 spiro atoms. The average Bonchev–Trinajstić information content (AvgIpc) is 2.64. The molecule has 2 nitrogen and oxygen atoms in total. The van der Waals surface area contributed by atoms with Gasteiger partial charge in [-0.1, -0.05) is 53.4 Å². The van der Waals surface area contributed by atoms with Crippen LogP contribution in [0, 0.1) is 40.4 Å². The molecule has 0 saturated heterocycles. The minimum atomic E-state index is -0.638. The molecule has 0 aromatic rings. The Morgan fingerprint density at radius 1 is 1.07 bits per heavy atom. The summed E-state index contributed by atoms with van der Waals surface area (Å²) in [5.41, 5.74) is 1.06. The number of rotatable bonds is 6. The highest BCUT2D eigenvalue weighted by Crippen LogP contribution is 2.62. The molecule has 156 valence electrons. The van der Waals surface area contributed by atoms with E-state index < -0.39 is 5.97 Å². The quantitative estimate of drug-likeness (QED) is 0.527. The van der Waals surface area contributed by atoms with Crippen LogP contribution >= 0.6 is 0 Å². The fourth-order valence-corrected chi connectivity index (χ4v) is 8.07. The van der Waals surface area contributed by atoms with Crippen LogP contribution in [0.5, 0.6) is 0 Å². The molecule has 3 aliphatic rings. The summed E-state index contributed by atoms with van der Waals surface area (Å²) in [5.74, 6) is 3.22. The van der Waals surface area contributed by atoms with Crippen molar-refractivity contribution in [3.05, 3.63) is 0 Å². The molecule has 3 aliphatic carbocycles. The summed E-state index contributed by atoms with van der Waals surface area (Å²) < 4.78 is 0. The van der Waals surface area contributed by atoms with Gasteiger partial charge in [0.05, 0.1) is 0 Å². The van der Waals surface area contributed by atoms with Crippen molar-refractivity contribution in [3.63, 3.8) is 0 Å². The molecule has 0 aromatic carbocycles. The van der Waals surface area contributed by atoms with Gasteiger partial charge in [-0.2, -0.15) is 0 Å². The Kier molecular flexibility index (Phi) is 6.63. The van der Waals surface area contributed by atoms with Crippen LogP contribution in [0.2, 0.25) is 0 Å². The largest absolute Gasteiger partial charge is 0.481 e. The SMILES string of the molecule is CCC1C2CCC3CCCCC3(CCC[C@]1(C)C(C)C(C)CCC(=O)O)C2. The van der Waals surface area contributed by atoms with Gasteiger partial charge in [-0.3, -0.25) is 4.79 Å². The van der Waals surface area contributed by atoms with E-state index in [1.54, 1.807) is 0 Å². The molecule has 1 N–H and O–H groups in total. The third-order valence-electron chi connectivity index (χ3n) is 9.85. The first-order valence-corrected chi connectivity index (χ1v) is 12.0. The summed E-state index contributed by atoms with van der Waals surface area (Å²) in [7, 11) is 0. The molecular formula is C25H44O2. The Morgan fingerprint density at radius 3 is 2.52 bits per heavy atom. The van der Waals surface area contributed by atoms with Gasteiger partial charge in [0.1, 0.15) is 0 Å². The maximum Gasteiger partial charge on any atom is 0.303 e. The first-order valence-electron chi connectivity index (χ1n) is 12.0. The van der Waals surface area contributed by atoms with Gasteiger partial charge in [-0.25, -0.2) is 0 Å². The van der Waals surface area contributed by atoms with Crippen LogP contribution in [0.3, 0.4) is 0 Å². The molecule has 2 heteroatoms. The molecule has 0 amide bonds. The normalized spacial score (nSPS) is 41.7. The number of carbonyl (C=O) groups is 1. The third-order valence-corrected chi connectivity index (χ3v) is 9.85. The van der Waals surface area contributed by atoms with Gasteiger partial charge in [-0.05, 0) is 91.8 Å². The minimum Gasteiger partial charge on any atom is -0.481 e. The fourth-order valence-electron chi connectivity index (χ4n) is 8.07. The molecule has 7 atom stereocenters. The topological polar surface area (TPSA) is 37.3 Å². The van der Waals surface area contributed by atoms with Gasteiger partial charge in [-0.15, -0.1) is 0 Å². The summed E-state index contributed by atoms with van der Waals surface area (Å²) in [5, 5.41) is 9.13. The van der Waals surface area contributed by atoms with E-state index in [2.05, 4.69) is 27.7 Å². The molecule has 3 fully saturated rings. The van der Waals surface area contributed by atoms with Crippen LogP contribution in [0.1, 0.15) is 111 Å². The van der Waals surface area contributed by atoms with Crippen molar-refractivity contribution < 1.29 is 9.90 Å². The molecule has 27 heavy (non-hydrogen) atoms. The first kappa shape index (κ1) is 21.2. The second kappa shape index (κ2) is 8.46. The highest BCUT2D eigenvalue weighted by atomic mass is 16.4. The Bertz CT molecular complexity index is 514. The Balaban J connectivity index is 1.80.